The first-order valence-electron chi connectivity index (χ1n) is 8.72. The number of hydrogen-bond acceptors (Lipinski definition) is 6. The quantitative estimate of drug-likeness (QED) is 0.278. The van der Waals surface area contributed by atoms with Crippen LogP contribution in [0, 0.1) is 17.0 Å². The van der Waals surface area contributed by atoms with E-state index in [1.54, 1.807) is 49.4 Å². The zero-order valence-electron chi connectivity index (χ0n) is 15.5. The summed E-state index contributed by atoms with van der Waals surface area (Å²) in [5.74, 6) is 0.429. The molecule has 1 saturated heterocycles. The second kappa shape index (κ2) is 7.81. The number of halogens is 1. The summed E-state index contributed by atoms with van der Waals surface area (Å²) in [5.41, 5.74) is 1.78. The molecule has 150 valence electrons. The molecule has 0 N–H and O–H groups in total. The predicted octanol–water partition coefficient (Wildman–Crippen LogP) is 6.06. The molecule has 0 radical (unpaired) electrons. The molecule has 9 heteroatoms. The second-order valence-corrected chi connectivity index (χ2v) is 7.88. The van der Waals surface area contributed by atoms with E-state index in [1.165, 1.54) is 18.2 Å². The van der Waals surface area contributed by atoms with Crippen LogP contribution >= 0.6 is 23.4 Å². The standard InChI is InChI=1S/C21H13ClN2O5S/c1-12-9-15(24(27)28)5-7-17(12)18-8-6-16(29-18)11-19-20(25)23(21(26)30-19)14-4-2-3-13(22)10-14/h2-11H,1H3/b19-11-. The first-order chi connectivity index (χ1) is 14.3. The summed E-state index contributed by atoms with van der Waals surface area (Å²) >= 11 is 6.77. The van der Waals surface area contributed by atoms with Gasteiger partial charge in [0.25, 0.3) is 16.8 Å². The van der Waals surface area contributed by atoms with E-state index in [-0.39, 0.29) is 10.6 Å². The molecule has 3 aromatic rings. The molecule has 0 spiro atoms. The number of hydrogen-bond donors (Lipinski definition) is 0. The SMILES string of the molecule is Cc1cc([N+](=O)[O-])ccc1-c1ccc(/C=C2\SC(=O)N(c3cccc(Cl)c3)C2=O)o1. The number of imide groups is 1. The largest absolute Gasteiger partial charge is 0.457 e. The van der Waals surface area contributed by atoms with Crippen LogP contribution in [0.15, 0.2) is 63.9 Å². The van der Waals surface area contributed by atoms with Crippen molar-refractivity contribution in [1.29, 1.82) is 0 Å². The molecule has 2 heterocycles. The van der Waals surface area contributed by atoms with Gasteiger partial charge in [-0.2, -0.15) is 0 Å². The Kier molecular flexibility index (Phi) is 5.19. The number of nitrogens with zero attached hydrogens (tertiary/aromatic N) is 2. The summed E-state index contributed by atoms with van der Waals surface area (Å²) in [5, 5.41) is 10.9. The predicted molar refractivity (Wildman–Crippen MR) is 115 cm³/mol. The van der Waals surface area contributed by atoms with Gasteiger partial charge in [0, 0.05) is 28.8 Å². The number of aryl methyl sites for hydroxylation is 1. The van der Waals surface area contributed by atoms with Crippen LogP contribution in [0.2, 0.25) is 5.02 Å². The van der Waals surface area contributed by atoms with Crippen molar-refractivity contribution in [2.75, 3.05) is 4.90 Å². The lowest BCUT2D eigenvalue weighted by molar-refractivity contribution is -0.384. The summed E-state index contributed by atoms with van der Waals surface area (Å²) in [6.45, 7) is 1.75. The van der Waals surface area contributed by atoms with Crippen LogP contribution in [0.1, 0.15) is 11.3 Å². The van der Waals surface area contributed by atoms with Crippen LogP contribution in [0.5, 0.6) is 0 Å². The number of carbonyl (C=O) groups excluding carboxylic acids is 2. The first-order valence-corrected chi connectivity index (χ1v) is 9.92. The van der Waals surface area contributed by atoms with Crippen molar-refractivity contribution in [2.45, 2.75) is 6.92 Å². The Labute approximate surface area is 180 Å². The minimum atomic E-state index is -0.461. The molecule has 0 unspecified atom stereocenters. The van der Waals surface area contributed by atoms with Gasteiger partial charge in [-0.1, -0.05) is 17.7 Å². The van der Waals surface area contributed by atoms with Crippen molar-refractivity contribution in [1.82, 2.24) is 0 Å². The van der Waals surface area contributed by atoms with E-state index in [1.807, 2.05) is 0 Å². The van der Waals surface area contributed by atoms with E-state index in [0.717, 1.165) is 16.7 Å². The monoisotopic (exact) mass is 440 g/mol. The minimum absolute atomic E-state index is 0.00211. The van der Waals surface area contributed by atoms with Crippen LogP contribution in [-0.4, -0.2) is 16.1 Å². The fourth-order valence-corrected chi connectivity index (χ4v) is 4.05. The Hall–Kier alpha value is -3.36. The maximum atomic E-state index is 12.7. The van der Waals surface area contributed by atoms with E-state index < -0.39 is 16.1 Å². The molecule has 7 nitrogen and oxygen atoms in total. The highest BCUT2D eigenvalue weighted by molar-refractivity contribution is 8.19. The lowest BCUT2D eigenvalue weighted by Crippen LogP contribution is -2.27. The number of rotatable bonds is 4. The number of furan rings is 1. The van der Waals surface area contributed by atoms with Crippen molar-refractivity contribution in [3.05, 3.63) is 86.0 Å². The number of nitro benzene ring substituents is 1. The molecule has 0 saturated carbocycles. The van der Waals surface area contributed by atoms with Gasteiger partial charge >= 0.3 is 0 Å². The Balaban J connectivity index is 1.61. The first kappa shape index (κ1) is 19.9. The lowest BCUT2D eigenvalue weighted by Gasteiger charge is -2.12. The number of carbonyl (C=O) groups is 2. The highest BCUT2D eigenvalue weighted by Gasteiger charge is 2.36. The molecule has 4 rings (SSSR count). The summed E-state index contributed by atoms with van der Waals surface area (Å²) in [4.78, 5) is 36.8. The average Bonchev–Trinajstić information content (AvgIpc) is 3.26. The van der Waals surface area contributed by atoms with Crippen molar-refractivity contribution in [3.63, 3.8) is 0 Å². The zero-order valence-corrected chi connectivity index (χ0v) is 17.1. The third-order valence-corrected chi connectivity index (χ3v) is 5.55. The van der Waals surface area contributed by atoms with Gasteiger partial charge in [-0.05, 0) is 60.6 Å². The van der Waals surface area contributed by atoms with Gasteiger partial charge in [-0.15, -0.1) is 0 Å². The van der Waals surface area contributed by atoms with E-state index >= 15 is 0 Å². The van der Waals surface area contributed by atoms with Crippen molar-refractivity contribution < 1.29 is 18.9 Å². The highest BCUT2D eigenvalue weighted by Crippen LogP contribution is 2.37. The zero-order chi connectivity index (χ0) is 21.4. The van der Waals surface area contributed by atoms with Crippen molar-refractivity contribution >= 4 is 52.0 Å². The molecule has 0 aliphatic carbocycles. The van der Waals surface area contributed by atoms with Gasteiger partial charge in [0.15, 0.2) is 0 Å². The molecule has 2 amide bonds. The molecule has 1 aliphatic heterocycles. The van der Waals surface area contributed by atoms with Gasteiger partial charge in [0.2, 0.25) is 0 Å². The summed E-state index contributed by atoms with van der Waals surface area (Å²) < 4.78 is 5.79. The van der Waals surface area contributed by atoms with E-state index in [9.17, 15) is 19.7 Å². The van der Waals surface area contributed by atoms with Gasteiger partial charge < -0.3 is 4.42 Å². The average molecular weight is 441 g/mol. The summed E-state index contributed by atoms with van der Waals surface area (Å²) in [7, 11) is 0. The Morgan fingerprint density at radius 3 is 2.63 bits per heavy atom. The molecule has 30 heavy (non-hydrogen) atoms. The number of non-ortho nitro benzene ring substituents is 1. The van der Waals surface area contributed by atoms with Crippen LogP contribution in [0.25, 0.3) is 17.4 Å². The van der Waals surface area contributed by atoms with Crippen LogP contribution in [0.3, 0.4) is 0 Å². The number of thioether (sulfide) groups is 1. The Bertz CT molecular complexity index is 1230. The van der Waals surface area contributed by atoms with Gasteiger partial charge in [0.1, 0.15) is 11.5 Å². The third-order valence-electron chi connectivity index (χ3n) is 4.45. The van der Waals surface area contributed by atoms with Gasteiger partial charge in [0.05, 0.1) is 15.5 Å². The molecule has 0 bridgehead atoms. The smallest absolute Gasteiger partial charge is 0.298 e. The van der Waals surface area contributed by atoms with Crippen molar-refractivity contribution in [2.24, 2.45) is 0 Å². The number of amides is 2. The molecule has 1 aromatic heterocycles. The minimum Gasteiger partial charge on any atom is -0.457 e. The fraction of sp³-hybridized carbons (Fsp3) is 0.0476. The fourth-order valence-electron chi connectivity index (χ4n) is 3.05. The Morgan fingerprint density at radius 1 is 1.13 bits per heavy atom. The van der Waals surface area contributed by atoms with Crippen LogP contribution in [0.4, 0.5) is 16.2 Å². The summed E-state index contributed by atoms with van der Waals surface area (Å²) in [6, 6.07) is 14.4. The molecule has 0 atom stereocenters. The number of nitro groups is 1. The van der Waals surface area contributed by atoms with E-state index in [0.29, 0.717) is 33.4 Å². The third kappa shape index (κ3) is 3.74. The molecular formula is C21H13ClN2O5S. The number of benzene rings is 2. The molecule has 1 fully saturated rings. The second-order valence-electron chi connectivity index (χ2n) is 6.46. The van der Waals surface area contributed by atoms with Gasteiger partial charge in [-0.25, -0.2) is 4.90 Å². The maximum Gasteiger partial charge on any atom is 0.298 e. The van der Waals surface area contributed by atoms with Crippen LogP contribution in [-0.2, 0) is 4.79 Å². The highest BCUT2D eigenvalue weighted by atomic mass is 35.5. The van der Waals surface area contributed by atoms with Crippen LogP contribution < -0.4 is 4.90 Å². The van der Waals surface area contributed by atoms with Crippen molar-refractivity contribution in [3.8, 4) is 11.3 Å². The lowest BCUT2D eigenvalue weighted by atomic mass is 10.1. The Morgan fingerprint density at radius 2 is 1.93 bits per heavy atom. The normalized spacial score (nSPS) is 15.3. The van der Waals surface area contributed by atoms with E-state index in [4.69, 9.17) is 16.0 Å². The van der Waals surface area contributed by atoms with E-state index in [2.05, 4.69) is 0 Å². The molecular weight excluding hydrogens is 428 g/mol. The van der Waals surface area contributed by atoms with Gasteiger partial charge in [-0.3, -0.25) is 19.7 Å². The number of anilines is 1. The summed E-state index contributed by atoms with van der Waals surface area (Å²) in [6.07, 6.45) is 1.50. The molecule has 2 aromatic carbocycles. The maximum absolute atomic E-state index is 12.7. The molecule has 1 aliphatic rings. The topological polar surface area (TPSA) is 93.7 Å².